The molecule has 5 nitrogen and oxygen atoms in total. The Labute approximate surface area is 209 Å². The number of aliphatic hydroxyl groups is 1. The van der Waals surface area contributed by atoms with E-state index in [0.29, 0.717) is 19.6 Å². The maximum Gasteiger partial charge on any atom is 0.410 e. The number of β-amino-alcohol motifs (C(OH)–C–C–N with tert-alkyl or cyclic N) is 1. The third-order valence-electron chi connectivity index (χ3n) is 6.63. The van der Waals surface area contributed by atoms with Crippen molar-refractivity contribution in [1.29, 1.82) is 0 Å². The van der Waals surface area contributed by atoms with Gasteiger partial charge in [-0.1, -0.05) is 106 Å². The predicted octanol–water partition coefficient (Wildman–Crippen LogP) is 5.37. The number of hydrogen-bond acceptors (Lipinski definition) is 4. The second-order valence-corrected chi connectivity index (χ2v) is 10.4. The van der Waals surface area contributed by atoms with Gasteiger partial charge in [0.2, 0.25) is 0 Å². The fraction of sp³-hybridized carbons (Fsp3) is 0.367. The first-order valence-corrected chi connectivity index (χ1v) is 12.3. The molecule has 0 unspecified atom stereocenters. The Morgan fingerprint density at radius 1 is 0.857 bits per heavy atom. The summed E-state index contributed by atoms with van der Waals surface area (Å²) in [6.07, 6.45) is -1.03. The molecule has 3 aromatic carbocycles. The highest BCUT2D eigenvalue weighted by Gasteiger charge is 2.38. The number of rotatable bonds is 7. The Morgan fingerprint density at radius 3 is 1.97 bits per heavy atom. The maximum atomic E-state index is 12.8. The van der Waals surface area contributed by atoms with Crippen molar-refractivity contribution in [1.82, 2.24) is 9.80 Å². The molecule has 0 bridgehead atoms. The molecule has 0 spiro atoms. The van der Waals surface area contributed by atoms with Crippen LogP contribution in [0.4, 0.5) is 4.79 Å². The normalized spacial score (nSPS) is 18.1. The molecule has 1 amide bonds. The quantitative estimate of drug-likeness (QED) is 0.502. The van der Waals surface area contributed by atoms with Crippen molar-refractivity contribution < 1.29 is 14.6 Å². The van der Waals surface area contributed by atoms with Crippen molar-refractivity contribution >= 4 is 6.09 Å². The van der Waals surface area contributed by atoms with Crippen molar-refractivity contribution in [3.05, 3.63) is 107 Å². The third-order valence-corrected chi connectivity index (χ3v) is 6.63. The minimum atomic E-state index is -0.642. The van der Waals surface area contributed by atoms with E-state index in [4.69, 9.17) is 4.74 Å². The first kappa shape index (κ1) is 25.0. The molecule has 3 aromatic rings. The molecular weight excluding hydrogens is 436 g/mol. The summed E-state index contributed by atoms with van der Waals surface area (Å²) in [4.78, 5) is 16.7. The molecule has 0 saturated carbocycles. The van der Waals surface area contributed by atoms with Crippen LogP contribution < -0.4 is 0 Å². The summed E-state index contributed by atoms with van der Waals surface area (Å²) in [6.45, 7) is 8.95. The molecule has 0 aromatic heterocycles. The van der Waals surface area contributed by atoms with E-state index in [1.165, 1.54) is 16.7 Å². The SMILES string of the molecule is CC(C)(C)c1ccc(CN(Cc2ccccc2)[C@H]2CN(C(=O)OCc3ccccc3)C[C@@H]2O)cc1. The molecule has 2 atom stereocenters. The molecule has 35 heavy (non-hydrogen) atoms. The minimum Gasteiger partial charge on any atom is -0.445 e. The Kier molecular flexibility index (Phi) is 7.89. The Hall–Kier alpha value is -3.15. The minimum absolute atomic E-state index is 0.102. The van der Waals surface area contributed by atoms with E-state index >= 15 is 0 Å². The molecule has 1 heterocycles. The molecule has 1 fully saturated rings. The smallest absolute Gasteiger partial charge is 0.410 e. The molecule has 4 rings (SSSR count). The van der Waals surface area contributed by atoms with Gasteiger partial charge in [0, 0.05) is 19.6 Å². The zero-order valence-electron chi connectivity index (χ0n) is 20.9. The molecule has 1 saturated heterocycles. The third kappa shape index (κ3) is 6.71. The van der Waals surface area contributed by atoms with E-state index in [1.54, 1.807) is 4.90 Å². The van der Waals surface area contributed by atoms with Gasteiger partial charge in [-0.15, -0.1) is 0 Å². The zero-order chi connectivity index (χ0) is 24.8. The fourth-order valence-corrected chi connectivity index (χ4v) is 4.54. The number of aliphatic hydroxyl groups excluding tert-OH is 1. The van der Waals surface area contributed by atoms with Gasteiger partial charge in [-0.3, -0.25) is 4.90 Å². The molecule has 1 aliphatic heterocycles. The number of benzene rings is 3. The predicted molar refractivity (Wildman–Crippen MR) is 139 cm³/mol. The molecule has 1 N–H and O–H groups in total. The summed E-state index contributed by atoms with van der Waals surface area (Å²) in [5.41, 5.74) is 4.71. The van der Waals surface area contributed by atoms with Crippen LogP contribution in [-0.4, -0.2) is 46.2 Å². The van der Waals surface area contributed by atoms with Crippen molar-refractivity contribution in [3.63, 3.8) is 0 Å². The van der Waals surface area contributed by atoms with E-state index in [-0.39, 0.29) is 30.7 Å². The Bertz CT molecular complexity index is 1080. The number of carbonyl (C=O) groups excluding carboxylic acids is 1. The van der Waals surface area contributed by atoms with Crippen molar-refractivity contribution in [2.75, 3.05) is 13.1 Å². The first-order chi connectivity index (χ1) is 16.8. The number of likely N-dealkylation sites (tertiary alicyclic amines) is 1. The standard InChI is InChI=1S/C30H36N2O3/c1-30(2,3)26-16-14-24(15-17-26)19-31(18-23-10-6-4-7-11-23)27-20-32(21-28(27)33)29(34)35-22-25-12-8-5-9-13-25/h4-17,27-28,33H,18-22H2,1-3H3/t27-,28-/m0/s1. The molecule has 0 radical (unpaired) electrons. The summed E-state index contributed by atoms with van der Waals surface area (Å²) < 4.78 is 5.53. The first-order valence-electron chi connectivity index (χ1n) is 12.3. The van der Waals surface area contributed by atoms with Gasteiger partial charge in [0.1, 0.15) is 6.61 Å². The number of carbonyl (C=O) groups is 1. The van der Waals surface area contributed by atoms with Crippen LogP contribution in [0.1, 0.15) is 43.0 Å². The van der Waals surface area contributed by atoms with Crippen LogP contribution in [0, 0.1) is 0 Å². The van der Waals surface area contributed by atoms with Crippen LogP contribution in [0.25, 0.3) is 0 Å². The monoisotopic (exact) mass is 472 g/mol. The number of amides is 1. The van der Waals surface area contributed by atoms with E-state index < -0.39 is 6.10 Å². The molecule has 0 aliphatic carbocycles. The largest absolute Gasteiger partial charge is 0.445 e. The molecule has 184 valence electrons. The van der Waals surface area contributed by atoms with E-state index in [2.05, 4.69) is 62.1 Å². The van der Waals surface area contributed by atoms with Gasteiger partial charge in [0.15, 0.2) is 0 Å². The van der Waals surface area contributed by atoms with Crippen LogP contribution in [0.5, 0.6) is 0 Å². The second-order valence-electron chi connectivity index (χ2n) is 10.4. The van der Waals surface area contributed by atoms with Crippen LogP contribution in [0.2, 0.25) is 0 Å². The van der Waals surface area contributed by atoms with Gasteiger partial charge in [-0.05, 0) is 27.7 Å². The van der Waals surface area contributed by atoms with E-state index in [0.717, 1.165) is 5.56 Å². The second kappa shape index (κ2) is 11.1. The fourth-order valence-electron chi connectivity index (χ4n) is 4.54. The lowest BCUT2D eigenvalue weighted by molar-refractivity contribution is 0.0728. The lowest BCUT2D eigenvalue weighted by atomic mass is 9.86. The summed E-state index contributed by atoms with van der Waals surface area (Å²) in [5.74, 6) is 0. The van der Waals surface area contributed by atoms with Crippen LogP contribution in [-0.2, 0) is 29.8 Å². The molecule has 1 aliphatic rings. The van der Waals surface area contributed by atoms with Crippen molar-refractivity contribution in [2.24, 2.45) is 0 Å². The van der Waals surface area contributed by atoms with Gasteiger partial charge in [-0.2, -0.15) is 0 Å². The summed E-state index contributed by atoms with van der Waals surface area (Å²) >= 11 is 0. The average Bonchev–Trinajstić information content (AvgIpc) is 3.25. The van der Waals surface area contributed by atoms with Gasteiger partial charge in [0.05, 0.1) is 18.7 Å². The van der Waals surface area contributed by atoms with E-state index in [9.17, 15) is 9.90 Å². The van der Waals surface area contributed by atoms with Crippen LogP contribution in [0.15, 0.2) is 84.9 Å². The summed E-state index contributed by atoms with van der Waals surface area (Å²) in [6, 6.07) is 28.5. The maximum absolute atomic E-state index is 12.8. The number of nitrogens with zero attached hydrogens (tertiary/aromatic N) is 2. The van der Waals surface area contributed by atoms with Gasteiger partial charge < -0.3 is 14.7 Å². The lowest BCUT2D eigenvalue weighted by Crippen LogP contribution is -2.42. The highest BCUT2D eigenvalue weighted by Crippen LogP contribution is 2.25. The lowest BCUT2D eigenvalue weighted by Gasteiger charge is -2.31. The average molecular weight is 473 g/mol. The van der Waals surface area contributed by atoms with E-state index in [1.807, 2.05) is 48.5 Å². The summed E-state index contributed by atoms with van der Waals surface area (Å²) in [5, 5.41) is 11.0. The van der Waals surface area contributed by atoms with Gasteiger partial charge in [0.25, 0.3) is 0 Å². The number of ether oxygens (including phenoxy) is 1. The van der Waals surface area contributed by atoms with Crippen molar-refractivity contribution in [3.8, 4) is 0 Å². The zero-order valence-corrected chi connectivity index (χ0v) is 20.9. The van der Waals surface area contributed by atoms with Gasteiger partial charge in [-0.25, -0.2) is 4.79 Å². The highest BCUT2D eigenvalue weighted by atomic mass is 16.6. The molecule has 5 heteroatoms. The number of hydrogen-bond donors (Lipinski definition) is 1. The van der Waals surface area contributed by atoms with Crippen LogP contribution in [0.3, 0.4) is 0 Å². The van der Waals surface area contributed by atoms with Crippen LogP contribution >= 0.6 is 0 Å². The summed E-state index contributed by atoms with van der Waals surface area (Å²) in [7, 11) is 0. The van der Waals surface area contributed by atoms with Gasteiger partial charge >= 0.3 is 6.09 Å². The van der Waals surface area contributed by atoms with Crippen molar-refractivity contribution in [2.45, 2.75) is 58.0 Å². The Morgan fingerprint density at radius 2 is 1.40 bits per heavy atom. The highest BCUT2D eigenvalue weighted by molar-refractivity contribution is 5.68. The Balaban J connectivity index is 1.46. The molecular formula is C30H36N2O3. The topological polar surface area (TPSA) is 53.0 Å².